The van der Waals surface area contributed by atoms with Crippen LogP contribution in [-0.2, 0) is 4.74 Å². The van der Waals surface area contributed by atoms with E-state index < -0.39 is 0 Å². The minimum Gasteiger partial charge on any atom is -0.393 e. The number of aliphatic hydroxyl groups is 1. The third-order valence-electron chi connectivity index (χ3n) is 11.2. The first kappa shape index (κ1) is 31.2. The van der Waals surface area contributed by atoms with Gasteiger partial charge in [0.2, 0.25) is 0 Å². The standard InChI is InChI=1S/C27H46O.C8H18O/c1-18(2)7-6-8-19(3)23-11-12-24-22-10-9-20-17-21(28)13-15-26(20,4)25(22)14-16-27(23,24)5;1-7(2)5-9-6-8(3)4/h9,18-19,21-25,28H,6-8,10-17H2,1-5H3;7-8H,5-6H2,1-4H3/t19-,21+,22+,23-,24+,25+,26+,27-;/m1./s1. The first-order valence-electron chi connectivity index (χ1n) is 16.3. The molecule has 2 nitrogen and oxygen atoms in total. The molecule has 0 aromatic carbocycles. The summed E-state index contributed by atoms with van der Waals surface area (Å²) in [4.78, 5) is 0. The van der Waals surface area contributed by atoms with E-state index in [4.69, 9.17) is 4.74 Å². The summed E-state index contributed by atoms with van der Waals surface area (Å²) in [5, 5.41) is 10.2. The molecule has 0 spiro atoms. The van der Waals surface area contributed by atoms with Gasteiger partial charge in [0.05, 0.1) is 6.10 Å². The highest BCUT2D eigenvalue weighted by atomic mass is 16.5. The van der Waals surface area contributed by atoms with Gasteiger partial charge < -0.3 is 9.84 Å². The first-order chi connectivity index (χ1) is 17.4. The number of rotatable bonds is 9. The number of hydrogen-bond donors (Lipinski definition) is 1. The zero-order valence-electron chi connectivity index (χ0n) is 26.3. The maximum atomic E-state index is 10.2. The van der Waals surface area contributed by atoms with E-state index in [1.54, 1.807) is 5.57 Å². The highest BCUT2D eigenvalue weighted by Gasteiger charge is 2.59. The van der Waals surface area contributed by atoms with Gasteiger partial charge in [0.25, 0.3) is 0 Å². The van der Waals surface area contributed by atoms with E-state index in [-0.39, 0.29) is 6.10 Å². The van der Waals surface area contributed by atoms with E-state index in [2.05, 4.69) is 68.4 Å². The molecule has 0 aliphatic heterocycles. The van der Waals surface area contributed by atoms with E-state index >= 15 is 0 Å². The summed E-state index contributed by atoms with van der Waals surface area (Å²) in [5.41, 5.74) is 2.60. The predicted molar refractivity (Wildman–Crippen MR) is 160 cm³/mol. The number of aliphatic hydroxyl groups excluding tert-OH is 1. The molecule has 216 valence electrons. The van der Waals surface area contributed by atoms with Crippen molar-refractivity contribution in [3.8, 4) is 0 Å². The fraction of sp³-hybridized carbons (Fsp3) is 0.943. The van der Waals surface area contributed by atoms with Crippen LogP contribution in [0.15, 0.2) is 11.6 Å². The van der Waals surface area contributed by atoms with Crippen LogP contribution >= 0.6 is 0 Å². The molecule has 0 unspecified atom stereocenters. The van der Waals surface area contributed by atoms with Gasteiger partial charge in [-0.3, -0.25) is 0 Å². The summed E-state index contributed by atoms with van der Waals surface area (Å²) in [6.07, 6.45) is 17.2. The van der Waals surface area contributed by atoms with Crippen LogP contribution in [0.3, 0.4) is 0 Å². The fourth-order valence-corrected chi connectivity index (χ4v) is 9.21. The zero-order chi connectivity index (χ0) is 27.4. The second kappa shape index (κ2) is 13.3. The Kier molecular flexibility index (Phi) is 11.2. The molecular formula is C35H64O2. The minimum absolute atomic E-state index is 0.0766. The summed E-state index contributed by atoms with van der Waals surface area (Å²) in [6, 6.07) is 0. The number of ether oxygens (including phenoxy) is 1. The van der Waals surface area contributed by atoms with Crippen LogP contribution < -0.4 is 0 Å². The quantitative estimate of drug-likeness (QED) is 0.309. The lowest BCUT2D eigenvalue weighted by atomic mass is 9.47. The molecule has 0 bridgehead atoms. The molecule has 37 heavy (non-hydrogen) atoms. The maximum Gasteiger partial charge on any atom is 0.0577 e. The molecule has 0 aromatic rings. The molecule has 0 saturated heterocycles. The minimum atomic E-state index is -0.0766. The van der Waals surface area contributed by atoms with Crippen LogP contribution in [-0.4, -0.2) is 24.4 Å². The second-order valence-electron chi connectivity index (χ2n) is 15.5. The number of fused-ring (bicyclic) bond motifs is 5. The lowest BCUT2D eigenvalue weighted by Gasteiger charge is -2.58. The number of hydrogen-bond acceptors (Lipinski definition) is 2. The van der Waals surface area contributed by atoms with Crippen LogP contribution in [0, 0.1) is 58.2 Å². The Morgan fingerprint density at radius 3 is 2.14 bits per heavy atom. The highest BCUT2D eigenvalue weighted by molar-refractivity contribution is 5.25. The Balaban J connectivity index is 0.000000364. The summed E-state index contributed by atoms with van der Waals surface area (Å²) >= 11 is 0. The second-order valence-corrected chi connectivity index (χ2v) is 15.5. The van der Waals surface area contributed by atoms with Crippen LogP contribution in [0.4, 0.5) is 0 Å². The van der Waals surface area contributed by atoms with Crippen molar-refractivity contribution in [1.29, 1.82) is 0 Å². The number of allylic oxidation sites excluding steroid dienone is 1. The van der Waals surface area contributed by atoms with Crippen molar-refractivity contribution in [3.05, 3.63) is 11.6 Å². The summed E-state index contributed by atoms with van der Waals surface area (Å²) in [5.74, 6) is 6.80. The molecule has 2 heteroatoms. The molecule has 0 radical (unpaired) electrons. The largest absolute Gasteiger partial charge is 0.393 e. The van der Waals surface area contributed by atoms with Gasteiger partial charge in [-0.05, 0) is 110 Å². The Morgan fingerprint density at radius 2 is 1.51 bits per heavy atom. The topological polar surface area (TPSA) is 29.5 Å². The normalized spacial score (nSPS) is 38.0. The third kappa shape index (κ3) is 7.45. The van der Waals surface area contributed by atoms with Crippen molar-refractivity contribution in [2.75, 3.05) is 13.2 Å². The van der Waals surface area contributed by atoms with Gasteiger partial charge in [0, 0.05) is 13.2 Å². The summed E-state index contributed by atoms with van der Waals surface area (Å²) in [7, 11) is 0. The van der Waals surface area contributed by atoms with E-state index in [1.165, 1.54) is 57.8 Å². The van der Waals surface area contributed by atoms with Gasteiger partial charge >= 0.3 is 0 Å². The lowest BCUT2D eigenvalue weighted by Crippen LogP contribution is -2.50. The Hall–Kier alpha value is -0.340. The molecular weight excluding hydrogens is 452 g/mol. The van der Waals surface area contributed by atoms with E-state index in [0.29, 0.717) is 22.7 Å². The van der Waals surface area contributed by atoms with Crippen molar-refractivity contribution >= 4 is 0 Å². The van der Waals surface area contributed by atoms with Gasteiger partial charge in [0.1, 0.15) is 0 Å². The van der Waals surface area contributed by atoms with Crippen LogP contribution in [0.2, 0.25) is 0 Å². The zero-order valence-corrected chi connectivity index (χ0v) is 26.3. The van der Waals surface area contributed by atoms with E-state index in [9.17, 15) is 5.11 Å². The molecule has 8 atom stereocenters. The molecule has 3 fully saturated rings. The van der Waals surface area contributed by atoms with Crippen molar-refractivity contribution in [1.82, 2.24) is 0 Å². The lowest BCUT2D eigenvalue weighted by molar-refractivity contribution is -0.0573. The monoisotopic (exact) mass is 516 g/mol. The Bertz CT molecular complexity index is 715. The third-order valence-corrected chi connectivity index (χ3v) is 11.2. The Labute approximate surface area is 231 Å². The van der Waals surface area contributed by atoms with Crippen LogP contribution in [0.5, 0.6) is 0 Å². The predicted octanol–water partition coefficient (Wildman–Crippen LogP) is 9.70. The molecule has 0 aromatic heterocycles. The highest BCUT2D eigenvalue weighted by Crippen LogP contribution is 2.67. The molecule has 0 heterocycles. The Morgan fingerprint density at radius 1 is 0.838 bits per heavy atom. The van der Waals surface area contributed by atoms with Gasteiger partial charge in [-0.25, -0.2) is 0 Å². The van der Waals surface area contributed by atoms with Gasteiger partial charge in [0.15, 0.2) is 0 Å². The average Bonchev–Trinajstić information content (AvgIpc) is 3.16. The van der Waals surface area contributed by atoms with Crippen molar-refractivity contribution in [2.24, 2.45) is 58.2 Å². The van der Waals surface area contributed by atoms with Gasteiger partial charge in [-0.2, -0.15) is 0 Å². The van der Waals surface area contributed by atoms with Crippen molar-refractivity contribution in [2.45, 2.75) is 139 Å². The van der Waals surface area contributed by atoms with Gasteiger partial charge in [-0.1, -0.05) is 93.2 Å². The van der Waals surface area contributed by atoms with E-state index in [0.717, 1.165) is 61.6 Å². The van der Waals surface area contributed by atoms with Crippen molar-refractivity contribution < 1.29 is 9.84 Å². The SMILES string of the molecule is CC(C)CCC[C@@H](C)[C@H]1CC[C@H]2[C@@H]3CC=C4C[C@@H](O)CC[C@]4(C)[C@H]3CC[C@]12C.CC(C)COCC(C)C. The fourth-order valence-electron chi connectivity index (χ4n) is 9.21. The van der Waals surface area contributed by atoms with Crippen LogP contribution in [0.1, 0.15) is 133 Å². The van der Waals surface area contributed by atoms with Crippen LogP contribution in [0.25, 0.3) is 0 Å². The molecule has 4 rings (SSSR count). The van der Waals surface area contributed by atoms with E-state index in [1.807, 2.05) is 0 Å². The smallest absolute Gasteiger partial charge is 0.0577 e. The summed E-state index contributed by atoms with van der Waals surface area (Å²) < 4.78 is 5.36. The average molecular weight is 517 g/mol. The molecule has 0 amide bonds. The van der Waals surface area contributed by atoms with Crippen molar-refractivity contribution in [3.63, 3.8) is 0 Å². The molecule has 3 saturated carbocycles. The molecule has 1 N–H and O–H groups in total. The van der Waals surface area contributed by atoms with Gasteiger partial charge in [-0.15, -0.1) is 0 Å². The first-order valence-corrected chi connectivity index (χ1v) is 16.3. The summed E-state index contributed by atoms with van der Waals surface area (Å²) in [6.45, 7) is 23.0. The maximum absolute atomic E-state index is 10.2. The molecule has 4 aliphatic rings. The molecule has 4 aliphatic carbocycles.